The number of alkyl carbamates (subject to hydrolysis) is 1. The van der Waals surface area contributed by atoms with Gasteiger partial charge in [0.2, 0.25) is 21.8 Å². The van der Waals surface area contributed by atoms with E-state index in [2.05, 4.69) is 15.4 Å². The summed E-state index contributed by atoms with van der Waals surface area (Å²) in [6.07, 6.45) is 11.4. The molecule has 3 aliphatic heterocycles. The summed E-state index contributed by atoms with van der Waals surface area (Å²) in [6, 6.07) is 3.54. The molecule has 2 aromatic rings. The second kappa shape index (κ2) is 14.4. The lowest BCUT2D eigenvalue weighted by molar-refractivity contribution is -0.142. The van der Waals surface area contributed by atoms with Crippen LogP contribution in [0.15, 0.2) is 42.5 Å². The van der Waals surface area contributed by atoms with Crippen LogP contribution in [0.2, 0.25) is 0 Å². The average Bonchev–Trinajstić information content (AvgIpc) is 3.79. The Labute approximate surface area is 328 Å². The number of hydrogen-bond donors (Lipinski definition) is 3. The smallest absolute Gasteiger partial charge is 0.408 e. The van der Waals surface area contributed by atoms with Crippen LogP contribution >= 0.6 is 0 Å². The second-order valence-electron chi connectivity index (χ2n) is 17.3. The molecule has 0 unspecified atom stereocenters. The molecule has 56 heavy (non-hydrogen) atoms. The largest absolute Gasteiger partial charge is 0.497 e. The Balaban J connectivity index is 1.26. The minimum atomic E-state index is -4.04. The summed E-state index contributed by atoms with van der Waals surface area (Å²) in [7, 11) is -2.44. The quantitative estimate of drug-likeness (QED) is 0.360. The molecule has 0 bridgehead atoms. The van der Waals surface area contributed by atoms with Crippen LogP contribution in [0.5, 0.6) is 11.5 Å². The Morgan fingerprint density at radius 1 is 1.09 bits per heavy atom. The van der Waals surface area contributed by atoms with Crippen molar-refractivity contribution in [3.63, 3.8) is 0 Å². The zero-order valence-corrected chi connectivity index (χ0v) is 33.8. The van der Waals surface area contributed by atoms with Gasteiger partial charge in [-0.3, -0.25) is 19.1 Å². The van der Waals surface area contributed by atoms with E-state index < -0.39 is 73.3 Å². The lowest BCUT2D eigenvalue weighted by Crippen LogP contribution is -2.67. The van der Waals surface area contributed by atoms with E-state index in [9.17, 15) is 27.6 Å². The predicted octanol–water partition coefficient (Wildman–Crippen LogP) is 4.67. The molecule has 1 aromatic carbocycles. The van der Waals surface area contributed by atoms with Crippen LogP contribution in [0.1, 0.15) is 96.7 Å². The third-order valence-electron chi connectivity index (χ3n) is 11.9. The second-order valence-corrected chi connectivity index (χ2v) is 19.4. The highest BCUT2D eigenvalue weighted by Gasteiger charge is 2.58. The Bertz CT molecular complexity index is 2120. The van der Waals surface area contributed by atoms with E-state index in [4.69, 9.17) is 19.2 Å². The van der Waals surface area contributed by atoms with Gasteiger partial charge in [-0.2, -0.15) is 0 Å². The molecule has 3 N–H and O–H groups in total. The Kier molecular flexibility index (Phi) is 10.2. The highest BCUT2D eigenvalue weighted by atomic mass is 32.2. The molecule has 5 aliphatic rings. The minimum absolute atomic E-state index is 0.0244. The first-order valence-electron chi connectivity index (χ1n) is 19.6. The molecule has 7 rings (SSSR count). The lowest BCUT2D eigenvalue weighted by atomic mass is 9.73. The first-order chi connectivity index (χ1) is 26.4. The number of carbonyl (C=O) groups excluding carboxylic acids is 4. The minimum Gasteiger partial charge on any atom is -0.497 e. The van der Waals surface area contributed by atoms with Crippen molar-refractivity contribution in [1.29, 1.82) is 0 Å². The van der Waals surface area contributed by atoms with Gasteiger partial charge in [0.25, 0.3) is 5.91 Å². The maximum Gasteiger partial charge on any atom is 0.408 e. The number of aromatic nitrogens is 1. The first kappa shape index (κ1) is 39.6. The third kappa shape index (κ3) is 7.46. The first-order valence-corrected chi connectivity index (χ1v) is 21.1. The fourth-order valence-corrected chi connectivity index (χ4v) is 9.55. The van der Waals surface area contributed by atoms with Gasteiger partial charge in [0, 0.05) is 23.3 Å². The van der Waals surface area contributed by atoms with Gasteiger partial charge in [0.05, 0.1) is 29.6 Å². The number of hydrogen-bond acceptors (Lipinski definition) is 10. The molecular formula is C41H53N5O9S. The highest BCUT2D eigenvalue weighted by molar-refractivity contribution is 7.91. The van der Waals surface area contributed by atoms with E-state index in [1.807, 2.05) is 37.3 Å². The maximum absolute atomic E-state index is 14.8. The summed E-state index contributed by atoms with van der Waals surface area (Å²) in [5.74, 6) is -1.34. The van der Waals surface area contributed by atoms with Crippen LogP contribution in [0, 0.1) is 12.8 Å². The van der Waals surface area contributed by atoms with E-state index in [0.717, 1.165) is 29.3 Å². The molecule has 1 saturated heterocycles. The molecule has 2 fully saturated rings. The number of pyridine rings is 1. The number of nitrogens with zero attached hydrogens (tertiary/aromatic N) is 2. The number of nitrogens with one attached hydrogen (secondary N) is 3. The summed E-state index contributed by atoms with van der Waals surface area (Å²) in [5, 5.41) is 6.60. The molecule has 4 heterocycles. The van der Waals surface area contributed by atoms with E-state index in [1.165, 1.54) is 11.0 Å². The van der Waals surface area contributed by atoms with Crippen molar-refractivity contribution < 1.29 is 41.8 Å². The molecule has 5 atom stereocenters. The standard InChI is InChI=1S/C41H53N5O9S/c1-25-33-28(29-22-27(53-6)14-15-30(29)42-25)17-18-40(54-33)23-32-34(47)44-41(36(49)45-56(51,52)39(5)20-21-39)19-16-26(41)12-10-8-7-9-11-13-31(35(48)46(32)24-40)43-37(50)55-38(2,3)4/h10,12,14-16,19,22,26,31-32H,7-9,11,13,17-18,20-21,23-24H2,1-6H3,(H,43,50)(H,44,47)(H,45,49)/b12-10-/t26-,31+,32+,40-,41-/m1/s1. The van der Waals surface area contributed by atoms with Gasteiger partial charge in [-0.1, -0.05) is 37.1 Å². The van der Waals surface area contributed by atoms with Crippen molar-refractivity contribution in [2.24, 2.45) is 5.92 Å². The lowest BCUT2D eigenvalue weighted by Gasteiger charge is -2.42. The number of benzene rings is 1. The van der Waals surface area contributed by atoms with Gasteiger partial charge in [0.1, 0.15) is 40.3 Å². The molecule has 14 nitrogen and oxygen atoms in total. The Morgan fingerprint density at radius 3 is 2.54 bits per heavy atom. The number of allylic oxidation sites excluding steroid dienone is 1. The van der Waals surface area contributed by atoms with Gasteiger partial charge in [-0.25, -0.2) is 18.2 Å². The zero-order chi connectivity index (χ0) is 40.3. The number of methoxy groups -OCH3 is 1. The topological polar surface area (TPSA) is 182 Å². The number of aryl methyl sites for hydroxylation is 2. The van der Waals surface area contributed by atoms with Crippen LogP contribution in [-0.4, -0.2) is 89.3 Å². The maximum atomic E-state index is 14.8. The molecule has 15 heteroatoms. The monoisotopic (exact) mass is 791 g/mol. The third-order valence-corrected chi connectivity index (χ3v) is 14.0. The van der Waals surface area contributed by atoms with Gasteiger partial charge < -0.3 is 29.7 Å². The van der Waals surface area contributed by atoms with Gasteiger partial charge in [-0.15, -0.1) is 0 Å². The Hall–Kier alpha value is -4.66. The summed E-state index contributed by atoms with van der Waals surface area (Å²) in [5.41, 5.74) is -1.13. The summed E-state index contributed by atoms with van der Waals surface area (Å²) < 4.78 is 45.7. The number of fused-ring (bicyclic) bond motifs is 5. The molecule has 2 aliphatic carbocycles. The van der Waals surface area contributed by atoms with Crippen molar-refractivity contribution in [2.45, 2.75) is 132 Å². The SMILES string of the molecule is COc1ccc2nc(C)c3c(c2c1)CC[C@]1(C[C@H]2C(=O)N[C@]4(C(=O)NS(=O)(=O)C5(C)CC5)C=C[C@H]4/C=C\CCCCC[C@H](NC(=O)OC(C)(C)C)C(=O)N2C1)O3. The fourth-order valence-electron chi connectivity index (χ4n) is 8.25. The average molecular weight is 792 g/mol. The predicted molar refractivity (Wildman–Crippen MR) is 208 cm³/mol. The van der Waals surface area contributed by atoms with E-state index in [1.54, 1.807) is 40.9 Å². The van der Waals surface area contributed by atoms with Crippen molar-refractivity contribution >= 4 is 44.7 Å². The van der Waals surface area contributed by atoms with Crippen LogP contribution in [0.4, 0.5) is 4.79 Å². The van der Waals surface area contributed by atoms with E-state index in [0.29, 0.717) is 62.1 Å². The van der Waals surface area contributed by atoms with Crippen molar-refractivity contribution in [3.8, 4) is 11.5 Å². The molecule has 302 valence electrons. The number of ether oxygens (including phenoxy) is 3. The van der Waals surface area contributed by atoms with Gasteiger partial charge in [0.15, 0.2) is 0 Å². The van der Waals surface area contributed by atoms with Crippen LogP contribution < -0.4 is 24.8 Å². The summed E-state index contributed by atoms with van der Waals surface area (Å²) in [4.78, 5) is 63.1. The number of amides is 4. The van der Waals surface area contributed by atoms with Crippen molar-refractivity contribution in [1.82, 2.24) is 25.2 Å². The highest BCUT2D eigenvalue weighted by Crippen LogP contribution is 2.46. The number of carbonyl (C=O) groups is 4. The summed E-state index contributed by atoms with van der Waals surface area (Å²) in [6.45, 7) is 8.69. The molecule has 1 aromatic heterocycles. The number of rotatable bonds is 5. The summed E-state index contributed by atoms with van der Waals surface area (Å²) >= 11 is 0. The molecule has 4 amide bonds. The van der Waals surface area contributed by atoms with Gasteiger partial charge in [-0.05, 0) is 97.8 Å². The zero-order valence-electron chi connectivity index (χ0n) is 33.0. The van der Waals surface area contributed by atoms with Crippen molar-refractivity contribution in [3.05, 3.63) is 53.8 Å². The fraction of sp³-hybridized carbons (Fsp3) is 0.585. The van der Waals surface area contributed by atoms with Crippen LogP contribution in [-0.2, 0) is 35.6 Å². The van der Waals surface area contributed by atoms with Crippen molar-refractivity contribution in [2.75, 3.05) is 13.7 Å². The van der Waals surface area contributed by atoms with Crippen LogP contribution in [0.3, 0.4) is 0 Å². The van der Waals surface area contributed by atoms with E-state index in [-0.39, 0.29) is 13.0 Å². The molecular weight excluding hydrogens is 739 g/mol. The van der Waals surface area contributed by atoms with Gasteiger partial charge >= 0.3 is 6.09 Å². The Morgan fingerprint density at radius 2 is 1.86 bits per heavy atom. The molecule has 1 spiro atoms. The number of sulfonamides is 1. The molecule has 1 saturated carbocycles. The normalized spacial score (nSPS) is 29.2. The van der Waals surface area contributed by atoms with E-state index >= 15 is 0 Å². The van der Waals surface area contributed by atoms with Crippen LogP contribution in [0.25, 0.3) is 10.9 Å². The molecule has 0 radical (unpaired) electrons.